The molecule has 2 aromatic rings. The van der Waals surface area contributed by atoms with Gasteiger partial charge in [-0.15, -0.1) is 0 Å². The fraction of sp³-hybridized carbons (Fsp3) is 0.211. The van der Waals surface area contributed by atoms with Crippen molar-refractivity contribution in [2.24, 2.45) is 0 Å². The molecule has 0 unspecified atom stereocenters. The van der Waals surface area contributed by atoms with E-state index in [1.807, 2.05) is 6.92 Å². The van der Waals surface area contributed by atoms with Crippen molar-refractivity contribution >= 4 is 5.97 Å². The van der Waals surface area contributed by atoms with E-state index in [-0.39, 0.29) is 0 Å². The first-order valence-electron chi connectivity index (χ1n) is 7.51. The maximum Gasteiger partial charge on any atom is 0.343 e. The quantitative estimate of drug-likeness (QED) is 0.415. The van der Waals surface area contributed by atoms with Crippen LogP contribution in [0.2, 0.25) is 0 Å². The summed E-state index contributed by atoms with van der Waals surface area (Å²) in [7, 11) is 0. The predicted molar refractivity (Wildman–Crippen MR) is 89.3 cm³/mol. The van der Waals surface area contributed by atoms with Gasteiger partial charge in [-0.2, -0.15) is 0 Å². The van der Waals surface area contributed by atoms with Crippen LogP contribution in [0.4, 0.5) is 0 Å². The van der Waals surface area contributed by atoms with Crippen LogP contribution in [0.5, 0.6) is 17.2 Å². The van der Waals surface area contributed by atoms with Crippen molar-refractivity contribution in [3.8, 4) is 17.2 Å². The van der Waals surface area contributed by atoms with E-state index in [2.05, 4.69) is 6.58 Å². The van der Waals surface area contributed by atoms with E-state index < -0.39 is 5.97 Å². The van der Waals surface area contributed by atoms with Crippen molar-refractivity contribution < 1.29 is 19.0 Å². The van der Waals surface area contributed by atoms with Gasteiger partial charge in [0.2, 0.25) is 0 Å². The first-order chi connectivity index (χ1) is 11.2. The number of benzene rings is 2. The van der Waals surface area contributed by atoms with Gasteiger partial charge in [0.15, 0.2) is 0 Å². The van der Waals surface area contributed by atoms with Gasteiger partial charge < -0.3 is 14.2 Å². The van der Waals surface area contributed by atoms with Crippen molar-refractivity contribution in [3.05, 3.63) is 66.7 Å². The first kappa shape index (κ1) is 16.6. The van der Waals surface area contributed by atoms with Gasteiger partial charge in [-0.05, 0) is 55.0 Å². The molecule has 0 N–H and O–H groups in total. The van der Waals surface area contributed by atoms with Gasteiger partial charge in [-0.3, -0.25) is 0 Å². The standard InChI is InChI=1S/C19H20O4/c1-3-13-21-16-7-5-15(6-8-16)19(20)23-18-11-9-17(10-12-18)22-14-4-2/h3,5-12H,1,4,13-14H2,2H3. The second-order valence-electron chi connectivity index (χ2n) is 4.83. The molecule has 0 radical (unpaired) electrons. The summed E-state index contributed by atoms with van der Waals surface area (Å²) >= 11 is 0. The largest absolute Gasteiger partial charge is 0.494 e. The molecular formula is C19H20O4. The predicted octanol–water partition coefficient (Wildman–Crippen LogP) is 4.26. The molecule has 0 heterocycles. The lowest BCUT2D eigenvalue weighted by atomic mass is 10.2. The second-order valence-corrected chi connectivity index (χ2v) is 4.83. The molecule has 4 nitrogen and oxygen atoms in total. The molecule has 2 rings (SSSR count). The smallest absolute Gasteiger partial charge is 0.343 e. The molecule has 0 aliphatic heterocycles. The van der Waals surface area contributed by atoms with Crippen LogP contribution >= 0.6 is 0 Å². The Hall–Kier alpha value is -2.75. The summed E-state index contributed by atoms with van der Waals surface area (Å²) in [5.74, 6) is 1.50. The van der Waals surface area contributed by atoms with Gasteiger partial charge in [0.25, 0.3) is 0 Å². The van der Waals surface area contributed by atoms with Crippen LogP contribution in [-0.2, 0) is 0 Å². The van der Waals surface area contributed by atoms with E-state index in [4.69, 9.17) is 14.2 Å². The number of hydrogen-bond acceptors (Lipinski definition) is 4. The summed E-state index contributed by atoms with van der Waals surface area (Å²) in [5, 5.41) is 0. The van der Waals surface area contributed by atoms with Crippen LogP contribution in [-0.4, -0.2) is 19.2 Å². The lowest BCUT2D eigenvalue weighted by molar-refractivity contribution is 0.0734. The molecule has 0 aromatic heterocycles. The Labute approximate surface area is 136 Å². The minimum absolute atomic E-state index is 0.414. The zero-order valence-electron chi connectivity index (χ0n) is 13.2. The Kier molecular flexibility index (Phi) is 6.24. The van der Waals surface area contributed by atoms with Crippen LogP contribution in [0.25, 0.3) is 0 Å². The third kappa shape index (κ3) is 5.18. The van der Waals surface area contributed by atoms with Gasteiger partial charge in [0.05, 0.1) is 12.2 Å². The summed E-state index contributed by atoms with van der Waals surface area (Å²) in [6, 6.07) is 13.8. The molecule has 0 aliphatic carbocycles. The Bertz CT molecular complexity index is 629. The van der Waals surface area contributed by atoms with Crippen molar-refractivity contribution in [3.63, 3.8) is 0 Å². The minimum atomic E-state index is -0.414. The third-order valence-electron chi connectivity index (χ3n) is 2.97. The molecule has 0 saturated carbocycles. The Balaban J connectivity index is 1.94. The Morgan fingerprint density at radius 3 is 2.13 bits per heavy atom. The molecule has 0 bridgehead atoms. The highest BCUT2D eigenvalue weighted by Gasteiger charge is 2.09. The van der Waals surface area contributed by atoms with E-state index in [9.17, 15) is 4.79 Å². The molecule has 0 saturated heterocycles. The summed E-state index contributed by atoms with van der Waals surface area (Å²) < 4.78 is 16.2. The highest BCUT2D eigenvalue weighted by molar-refractivity contribution is 5.91. The van der Waals surface area contributed by atoms with Gasteiger partial charge in [0, 0.05) is 0 Å². The van der Waals surface area contributed by atoms with Crippen LogP contribution < -0.4 is 14.2 Å². The van der Waals surface area contributed by atoms with Gasteiger partial charge in [0.1, 0.15) is 23.9 Å². The molecular weight excluding hydrogens is 292 g/mol. The lowest BCUT2D eigenvalue weighted by Gasteiger charge is -2.08. The lowest BCUT2D eigenvalue weighted by Crippen LogP contribution is -2.08. The van der Waals surface area contributed by atoms with E-state index in [1.165, 1.54) is 0 Å². The molecule has 0 spiro atoms. The number of ether oxygens (including phenoxy) is 3. The fourth-order valence-electron chi connectivity index (χ4n) is 1.83. The summed E-state index contributed by atoms with van der Waals surface area (Å²) in [6.45, 7) is 6.72. The summed E-state index contributed by atoms with van der Waals surface area (Å²) in [5.41, 5.74) is 0.460. The molecule has 120 valence electrons. The number of hydrogen-bond donors (Lipinski definition) is 0. The topological polar surface area (TPSA) is 44.8 Å². The minimum Gasteiger partial charge on any atom is -0.494 e. The first-order valence-corrected chi connectivity index (χ1v) is 7.51. The van der Waals surface area contributed by atoms with E-state index in [1.54, 1.807) is 54.6 Å². The summed E-state index contributed by atoms with van der Waals surface area (Å²) in [6.07, 6.45) is 2.61. The van der Waals surface area contributed by atoms with Gasteiger partial charge >= 0.3 is 5.97 Å². The van der Waals surface area contributed by atoms with E-state index in [0.29, 0.717) is 30.3 Å². The van der Waals surface area contributed by atoms with Crippen molar-refractivity contribution in [2.45, 2.75) is 13.3 Å². The van der Waals surface area contributed by atoms with Gasteiger partial charge in [-0.1, -0.05) is 19.6 Å². The molecule has 4 heteroatoms. The zero-order chi connectivity index (χ0) is 16.5. The number of carbonyl (C=O) groups excluding carboxylic acids is 1. The van der Waals surface area contributed by atoms with E-state index in [0.717, 1.165) is 12.2 Å². The number of esters is 1. The molecule has 23 heavy (non-hydrogen) atoms. The second kappa shape index (κ2) is 8.63. The van der Waals surface area contributed by atoms with Crippen LogP contribution in [0.15, 0.2) is 61.2 Å². The average Bonchev–Trinajstić information content (AvgIpc) is 2.59. The van der Waals surface area contributed by atoms with Crippen molar-refractivity contribution in [1.82, 2.24) is 0 Å². The maximum atomic E-state index is 12.1. The highest BCUT2D eigenvalue weighted by Crippen LogP contribution is 2.19. The molecule has 2 aromatic carbocycles. The molecule has 0 fully saturated rings. The van der Waals surface area contributed by atoms with E-state index >= 15 is 0 Å². The van der Waals surface area contributed by atoms with Crippen molar-refractivity contribution in [2.75, 3.05) is 13.2 Å². The van der Waals surface area contributed by atoms with Crippen molar-refractivity contribution in [1.29, 1.82) is 0 Å². The third-order valence-corrected chi connectivity index (χ3v) is 2.97. The van der Waals surface area contributed by atoms with Crippen LogP contribution in [0.1, 0.15) is 23.7 Å². The Morgan fingerprint density at radius 2 is 1.52 bits per heavy atom. The maximum absolute atomic E-state index is 12.1. The summed E-state index contributed by atoms with van der Waals surface area (Å²) in [4.78, 5) is 12.1. The van der Waals surface area contributed by atoms with Gasteiger partial charge in [-0.25, -0.2) is 4.79 Å². The van der Waals surface area contributed by atoms with Crippen LogP contribution in [0.3, 0.4) is 0 Å². The number of rotatable bonds is 8. The average molecular weight is 312 g/mol. The van der Waals surface area contributed by atoms with Crippen LogP contribution in [0, 0.1) is 0 Å². The zero-order valence-corrected chi connectivity index (χ0v) is 13.2. The Morgan fingerprint density at radius 1 is 0.957 bits per heavy atom. The normalized spacial score (nSPS) is 9.96. The molecule has 0 aliphatic rings. The number of carbonyl (C=O) groups is 1. The molecule has 0 amide bonds. The fourth-order valence-corrected chi connectivity index (χ4v) is 1.83. The molecule has 0 atom stereocenters. The highest BCUT2D eigenvalue weighted by atomic mass is 16.5. The monoisotopic (exact) mass is 312 g/mol. The SMILES string of the molecule is C=CCOc1ccc(C(=O)Oc2ccc(OCCC)cc2)cc1.